The predicted molar refractivity (Wildman–Crippen MR) is 116 cm³/mol. The van der Waals surface area contributed by atoms with Crippen molar-refractivity contribution in [3.8, 4) is 5.75 Å². The summed E-state index contributed by atoms with van der Waals surface area (Å²) in [6.45, 7) is 1.28. The lowest BCUT2D eigenvalue weighted by atomic mass is 10.1. The van der Waals surface area contributed by atoms with Crippen LogP contribution in [0.4, 0.5) is 5.82 Å². The summed E-state index contributed by atoms with van der Waals surface area (Å²) in [5.41, 5.74) is 7.24. The molecule has 28 heavy (non-hydrogen) atoms. The number of phenolic OH excluding ortho intramolecular Hbond substituents is 1. The highest BCUT2D eigenvalue weighted by atomic mass is 131. The first-order chi connectivity index (χ1) is 13.3. The highest BCUT2D eigenvalue weighted by molar-refractivity contribution is 14.1. The van der Waals surface area contributed by atoms with Gasteiger partial charge in [0.25, 0.3) is 5.91 Å². The van der Waals surface area contributed by atoms with Crippen LogP contribution in [0.5, 0.6) is 5.75 Å². The lowest BCUT2D eigenvalue weighted by Crippen LogP contribution is -2.37. The van der Waals surface area contributed by atoms with Crippen LogP contribution < -0.4 is 16.4 Å². The minimum absolute atomic E-state index is 0.192. The second-order valence-electron chi connectivity index (χ2n) is 6.58. The van der Waals surface area contributed by atoms with E-state index < -0.39 is 6.04 Å². The van der Waals surface area contributed by atoms with Crippen LogP contribution in [0.3, 0.4) is 0 Å². The van der Waals surface area contributed by atoms with Gasteiger partial charge in [-0.25, -0.2) is 4.98 Å². The van der Waals surface area contributed by atoms with Gasteiger partial charge in [-0.1, -0.05) is 6.07 Å². The molecular weight excluding hydrogens is 477 g/mol. The monoisotopic (exact) mass is 501 g/mol. The number of halogens is 1. The molecule has 0 saturated heterocycles. The largest absolute Gasteiger partial charge is 0.507 e. The van der Waals surface area contributed by atoms with E-state index in [0.717, 1.165) is 12.1 Å². The first-order valence-corrected chi connectivity index (χ1v) is 9.77. The van der Waals surface area contributed by atoms with Gasteiger partial charge in [-0.05, 0) is 72.9 Å². The molecule has 0 unspecified atom stereocenters. The number of benzene rings is 1. The molecule has 0 spiro atoms. The van der Waals surface area contributed by atoms with Crippen LogP contribution in [-0.2, 0) is 11.2 Å². The van der Waals surface area contributed by atoms with Gasteiger partial charge in [-0.15, -0.1) is 0 Å². The second kappa shape index (κ2) is 10.3. The average Bonchev–Trinajstić information content (AvgIpc) is 2.65. The van der Waals surface area contributed by atoms with Crippen LogP contribution in [0.15, 0.2) is 36.5 Å². The van der Waals surface area contributed by atoms with E-state index in [2.05, 4.69) is 15.6 Å². The molecule has 0 saturated carbocycles. The number of anilines is 1. The Morgan fingerprint density at radius 1 is 1.29 bits per heavy atom. The standard InChI is InChI=1S/C19H24IN5O3/c1-25(2)8-7-22-18(27)13-4-6-17(23-11-13)24-19(28)15(21)10-12-3-5-16(26)14(20)9-12/h3-6,9,11,15,26H,7-8,10,21H2,1-2H3,(H,22,27)(H,23,24,28)/t15-/m0/s1/i20+4. The number of carbonyl (C=O) groups is 2. The molecule has 1 heterocycles. The summed E-state index contributed by atoms with van der Waals surface area (Å²) < 4.78 is 0.698. The van der Waals surface area contributed by atoms with Gasteiger partial charge in [0.05, 0.1) is 15.2 Å². The Hall–Kier alpha value is -2.24. The third kappa shape index (κ3) is 6.73. The zero-order chi connectivity index (χ0) is 20.7. The quantitative estimate of drug-likeness (QED) is 0.404. The lowest BCUT2D eigenvalue weighted by Gasteiger charge is -2.13. The van der Waals surface area contributed by atoms with Gasteiger partial charge in [0.2, 0.25) is 5.91 Å². The first-order valence-electron chi connectivity index (χ1n) is 8.69. The Morgan fingerprint density at radius 3 is 2.64 bits per heavy atom. The van der Waals surface area contributed by atoms with Gasteiger partial charge in [0.15, 0.2) is 0 Å². The molecule has 1 aromatic heterocycles. The van der Waals surface area contributed by atoms with E-state index in [1.165, 1.54) is 6.20 Å². The number of amides is 2. The Bertz CT molecular complexity index is 827. The Morgan fingerprint density at radius 2 is 2.04 bits per heavy atom. The molecule has 1 atom stereocenters. The zero-order valence-electron chi connectivity index (χ0n) is 15.8. The van der Waals surface area contributed by atoms with Gasteiger partial charge in [-0.3, -0.25) is 9.59 Å². The lowest BCUT2D eigenvalue weighted by molar-refractivity contribution is -0.117. The first kappa shape index (κ1) is 22.1. The predicted octanol–water partition coefficient (Wildman–Crippen LogP) is 1.19. The average molecular weight is 501 g/mol. The summed E-state index contributed by atoms with van der Waals surface area (Å²) >= 11 is 2.02. The van der Waals surface area contributed by atoms with E-state index in [1.54, 1.807) is 30.3 Å². The molecule has 0 aliphatic carbocycles. The van der Waals surface area contributed by atoms with E-state index in [1.807, 2.05) is 41.6 Å². The fourth-order valence-corrected chi connectivity index (χ4v) is 2.92. The van der Waals surface area contributed by atoms with Gasteiger partial charge >= 0.3 is 0 Å². The normalized spacial score (nSPS) is 11.9. The molecule has 0 fully saturated rings. The fraction of sp³-hybridized carbons (Fsp3) is 0.316. The SMILES string of the molecule is CN(C)CCNC(=O)c1ccc(NC(=O)[C@@H](N)Cc2ccc(O)c([131I])c2)nc1. The summed E-state index contributed by atoms with van der Waals surface area (Å²) in [6.07, 6.45) is 1.74. The molecule has 8 nitrogen and oxygen atoms in total. The summed E-state index contributed by atoms with van der Waals surface area (Å²) in [5, 5.41) is 15.0. The van der Waals surface area contributed by atoms with Crippen molar-refractivity contribution in [1.82, 2.24) is 15.2 Å². The van der Waals surface area contributed by atoms with Crippen molar-refractivity contribution in [2.75, 3.05) is 32.5 Å². The Kier molecular flexibility index (Phi) is 8.15. The van der Waals surface area contributed by atoms with Crippen LogP contribution in [0, 0.1) is 3.57 Å². The number of aromatic nitrogens is 1. The maximum atomic E-state index is 12.3. The van der Waals surface area contributed by atoms with Gasteiger partial charge in [0.1, 0.15) is 11.6 Å². The Labute approximate surface area is 177 Å². The number of nitrogens with zero attached hydrogens (tertiary/aromatic N) is 2. The maximum Gasteiger partial charge on any atom is 0.252 e. The molecule has 2 aromatic rings. The van der Waals surface area contributed by atoms with Crippen molar-refractivity contribution in [2.24, 2.45) is 5.73 Å². The van der Waals surface area contributed by atoms with Crippen molar-refractivity contribution in [3.63, 3.8) is 0 Å². The van der Waals surface area contributed by atoms with E-state index in [9.17, 15) is 14.7 Å². The highest BCUT2D eigenvalue weighted by Crippen LogP contribution is 2.21. The van der Waals surface area contributed by atoms with Gasteiger partial charge < -0.3 is 26.4 Å². The van der Waals surface area contributed by atoms with Crippen molar-refractivity contribution >= 4 is 40.2 Å². The number of nitrogens with one attached hydrogen (secondary N) is 2. The number of likely N-dealkylation sites (N-methyl/N-ethyl adjacent to an activating group) is 1. The van der Waals surface area contributed by atoms with Gasteiger partial charge in [-0.2, -0.15) is 0 Å². The molecule has 1 aromatic carbocycles. The zero-order valence-corrected chi connectivity index (χ0v) is 17.9. The summed E-state index contributed by atoms with van der Waals surface area (Å²) in [7, 11) is 3.86. The number of phenols is 1. The number of nitrogens with two attached hydrogens (primary N) is 1. The molecule has 150 valence electrons. The smallest absolute Gasteiger partial charge is 0.252 e. The molecule has 5 N–H and O–H groups in total. The van der Waals surface area contributed by atoms with E-state index in [4.69, 9.17) is 5.73 Å². The topological polar surface area (TPSA) is 121 Å². The van der Waals surface area contributed by atoms with Crippen LogP contribution in [0.25, 0.3) is 0 Å². The van der Waals surface area contributed by atoms with E-state index in [-0.39, 0.29) is 17.6 Å². The number of pyridine rings is 1. The highest BCUT2D eigenvalue weighted by Gasteiger charge is 2.16. The number of rotatable bonds is 8. The number of hydrogen-bond acceptors (Lipinski definition) is 6. The van der Waals surface area contributed by atoms with E-state index in [0.29, 0.717) is 27.9 Å². The second-order valence-corrected chi connectivity index (χ2v) is 7.74. The minimum atomic E-state index is -0.767. The molecule has 0 aliphatic rings. The number of carbonyl (C=O) groups excluding carboxylic acids is 2. The van der Waals surface area contributed by atoms with Gasteiger partial charge in [0, 0.05) is 19.3 Å². The van der Waals surface area contributed by atoms with Crippen molar-refractivity contribution in [1.29, 1.82) is 0 Å². The van der Waals surface area contributed by atoms with Crippen LogP contribution in [0.1, 0.15) is 15.9 Å². The molecule has 2 amide bonds. The summed E-state index contributed by atoms with van der Waals surface area (Å²) in [5.74, 6) is -0.0763. The Balaban J connectivity index is 1.89. The molecule has 0 aliphatic heterocycles. The van der Waals surface area contributed by atoms with Crippen LogP contribution in [0.2, 0.25) is 0 Å². The molecule has 2 rings (SSSR count). The molecular formula is C19H24IN5O3. The molecule has 0 radical (unpaired) electrons. The van der Waals surface area contributed by atoms with E-state index >= 15 is 0 Å². The van der Waals surface area contributed by atoms with Crippen LogP contribution >= 0.6 is 22.6 Å². The van der Waals surface area contributed by atoms with Crippen molar-refractivity contribution in [2.45, 2.75) is 12.5 Å². The van der Waals surface area contributed by atoms with Crippen LogP contribution in [-0.4, -0.2) is 60.0 Å². The van der Waals surface area contributed by atoms with Crippen molar-refractivity contribution < 1.29 is 14.7 Å². The number of hydrogen-bond donors (Lipinski definition) is 4. The fourth-order valence-electron chi connectivity index (χ4n) is 2.34. The molecule has 9 heteroatoms. The minimum Gasteiger partial charge on any atom is -0.507 e. The van der Waals surface area contributed by atoms with Crippen molar-refractivity contribution in [3.05, 3.63) is 51.2 Å². The third-order valence-electron chi connectivity index (χ3n) is 3.93. The summed E-state index contributed by atoms with van der Waals surface area (Å²) in [6, 6.07) is 7.48. The maximum absolute atomic E-state index is 12.3. The third-order valence-corrected chi connectivity index (χ3v) is 4.79. The summed E-state index contributed by atoms with van der Waals surface area (Å²) in [4.78, 5) is 30.4. The number of aromatic hydroxyl groups is 1. The molecule has 0 bridgehead atoms.